The van der Waals surface area contributed by atoms with Crippen LogP contribution >= 0.6 is 0 Å². The fourth-order valence-electron chi connectivity index (χ4n) is 1.67. The molecule has 1 rings (SSSR count). The van der Waals surface area contributed by atoms with Gasteiger partial charge in [-0.15, -0.1) is 0 Å². The molecule has 0 spiro atoms. The van der Waals surface area contributed by atoms with Crippen LogP contribution in [-0.2, 0) is 21.4 Å². The van der Waals surface area contributed by atoms with Crippen molar-refractivity contribution >= 4 is 15.9 Å². The molecule has 0 bridgehead atoms. The van der Waals surface area contributed by atoms with E-state index in [0.29, 0.717) is 5.56 Å². The zero-order chi connectivity index (χ0) is 16.3. The van der Waals surface area contributed by atoms with Gasteiger partial charge in [0, 0.05) is 12.1 Å². The lowest BCUT2D eigenvalue weighted by molar-refractivity contribution is -0.123. The number of rotatable bonds is 5. The van der Waals surface area contributed by atoms with Crippen LogP contribution < -0.4 is 15.8 Å². The van der Waals surface area contributed by atoms with Crippen LogP contribution in [0, 0.1) is 0 Å². The van der Waals surface area contributed by atoms with E-state index < -0.39 is 21.6 Å². The number of sulfonamides is 1. The van der Waals surface area contributed by atoms with Crippen molar-refractivity contribution in [3.8, 4) is 0 Å². The van der Waals surface area contributed by atoms with Gasteiger partial charge in [-0.3, -0.25) is 4.79 Å². The van der Waals surface area contributed by atoms with Gasteiger partial charge in [0.1, 0.15) is 0 Å². The van der Waals surface area contributed by atoms with Gasteiger partial charge in [-0.25, -0.2) is 8.42 Å². The molecule has 1 unspecified atom stereocenters. The normalized spacial score (nSPS) is 13.8. The van der Waals surface area contributed by atoms with Crippen LogP contribution in [0.15, 0.2) is 29.2 Å². The SMILES string of the molecule is CC(NS(=O)(=O)c1cccc(CN)c1)C(=O)NC(C)(C)C. The van der Waals surface area contributed by atoms with Crippen molar-refractivity contribution in [2.45, 2.75) is 50.7 Å². The van der Waals surface area contributed by atoms with Gasteiger partial charge in [0.15, 0.2) is 0 Å². The topological polar surface area (TPSA) is 101 Å². The minimum Gasteiger partial charge on any atom is -0.350 e. The summed E-state index contributed by atoms with van der Waals surface area (Å²) < 4.78 is 26.9. The van der Waals surface area contributed by atoms with Crippen LogP contribution in [0.3, 0.4) is 0 Å². The van der Waals surface area contributed by atoms with Crippen molar-refractivity contribution in [3.05, 3.63) is 29.8 Å². The zero-order valence-corrected chi connectivity index (χ0v) is 13.6. The van der Waals surface area contributed by atoms with Gasteiger partial charge < -0.3 is 11.1 Å². The number of hydrogen-bond acceptors (Lipinski definition) is 4. The molecule has 21 heavy (non-hydrogen) atoms. The lowest BCUT2D eigenvalue weighted by atomic mass is 10.1. The highest BCUT2D eigenvalue weighted by atomic mass is 32.2. The van der Waals surface area contributed by atoms with Crippen molar-refractivity contribution in [2.75, 3.05) is 0 Å². The Kier molecular flexibility index (Phi) is 5.49. The van der Waals surface area contributed by atoms with Gasteiger partial charge in [0.05, 0.1) is 10.9 Å². The highest BCUT2D eigenvalue weighted by molar-refractivity contribution is 7.89. The first-order valence-corrected chi connectivity index (χ1v) is 8.17. The van der Waals surface area contributed by atoms with E-state index in [4.69, 9.17) is 5.73 Å². The van der Waals surface area contributed by atoms with E-state index in [1.165, 1.54) is 19.1 Å². The Morgan fingerprint density at radius 3 is 2.48 bits per heavy atom. The smallest absolute Gasteiger partial charge is 0.241 e. The second-order valence-electron chi connectivity index (χ2n) is 5.93. The van der Waals surface area contributed by atoms with Crippen LogP contribution in [0.1, 0.15) is 33.3 Å². The molecule has 0 aliphatic carbocycles. The maximum atomic E-state index is 12.2. The van der Waals surface area contributed by atoms with Gasteiger partial charge >= 0.3 is 0 Å². The third-order valence-corrected chi connectivity index (χ3v) is 4.21. The van der Waals surface area contributed by atoms with E-state index in [9.17, 15) is 13.2 Å². The maximum Gasteiger partial charge on any atom is 0.241 e. The molecule has 7 heteroatoms. The average Bonchev–Trinajstić information content (AvgIpc) is 2.36. The lowest BCUT2D eigenvalue weighted by Crippen LogP contribution is -2.50. The van der Waals surface area contributed by atoms with E-state index in [1.807, 2.05) is 20.8 Å². The van der Waals surface area contributed by atoms with Crippen LogP contribution in [0.25, 0.3) is 0 Å². The number of nitrogens with two attached hydrogens (primary N) is 1. The summed E-state index contributed by atoms with van der Waals surface area (Å²) in [4.78, 5) is 12.0. The predicted octanol–water partition coefficient (Wildman–Crippen LogP) is 0.727. The van der Waals surface area contributed by atoms with Crippen LogP contribution in [0.4, 0.5) is 0 Å². The summed E-state index contributed by atoms with van der Waals surface area (Å²) in [5, 5.41) is 2.73. The summed E-state index contributed by atoms with van der Waals surface area (Å²) in [6, 6.07) is 5.47. The molecule has 1 amide bonds. The van der Waals surface area contributed by atoms with Crippen LogP contribution in [0.5, 0.6) is 0 Å². The summed E-state index contributed by atoms with van der Waals surface area (Å²) in [6.45, 7) is 7.25. The fraction of sp³-hybridized carbons (Fsp3) is 0.500. The van der Waals surface area contributed by atoms with E-state index in [-0.39, 0.29) is 17.3 Å². The molecule has 0 fully saturated rings. The van der Waals surface area contributed by atoms with Gasteiger partial charge in [0.25, 0.3) is 0 Å². The molecule has 0 aromatic heterocycles. The largest absolute Gasteiger partial charge is 0.350 e. The molecule has 118 valence electrons. The van der Waals surface area contributed by atoms with Gasteiger partial charge in [0.2, 0.25) is 15.9 Å². The Morgan fingerprint density at radius 1 is 1.33 bits per heavy atom. The Morgan fingerprint density at radius 2 is 1.95 bits per heavy atom. The van der Waals surface area contributed by atoms with Gasteiger partial charge in [-0.1, -0.05) is 12.1 Å². The molecule has 0 aliphatic heterocycles. The van der Waals surface area contributed by atoms with Gasteiger partial charge in [-0.05, 0) is 45.4 Å². The van der Waals surface area contributed by atoms with Crippen molar-refractivity contribution in [2.24, 2.45) is 5.73 Å². The first-order valence-electron chi connectivity index (χ1n) is 6.68. The number of carbonyl (C=O) groups is 1. The zero-order valence-electron chi connectivity index (χ0n) is 12.8. The summed E-state index contributed by atoms with van der Waals surface area (Å²) in [5.74, 6) is -0.374. The number of amides is 1. The van der Waals surface area contributed by atoms with E-state index in [0.717, 1.165) is 0 Å². The third-order valence-electron chi connectivity index (χ3n) is 2.67. The average molecular weight is 313 g/mol. The second kappa shape index (κ2) is 6.55. The Hall–Kier alpha value is -1.44. The molecule has 6 nitrogen and oxygen atoms in total. The summed E-state index contributed by atoms with van der Waals surface area (Å²) in [7, 11) is -3.76. The molecule has 0 saturated heterocycles. The first-order chi connectivity index (χ1) is 9.55. The van der Waals surface area contributed by atoms with Crippen molar-refractivity contribution in [3.63, 3.8) is 0 Å². The molecule has 4 N–H and O–H groups in total. The van der Waals surface area contributed by atoms with Gasteiger partial charge in [-0.2, -0.15) is 4.72 Å². The van der Waals surface area contributed by atoms with Crippen molar-refractivity contribution < 1.29 is 13.2 Å². The number of benzene rings is 1. The lowest BCUT2D eigenvalue weighted by Gasteiger charge is -2.23. The molecule has 0 radical (unpaired) electrons. The van der Waals surface area contributed by atoms with Crippen LogP contribution in [0.2, 0.25) is 0 Å². The van der Waals surface area contributed by atoms with E-state index in [1.54, 1.807) is 12.1 Å². The summed E-state index contributed by atoms with van der Waals surface area (Å²) in [6.07, 6.45) is 0. The molecule has 0 aliphatic rings. The number of carbonyl (C=O) groups excluding carboxylic acids is 1. The Labute approximate surface area is 126 Å². The molecule has 1 aromatic carbocycles. The molecule has 1 atom stereocenters. The fourth-order valence-corrected chi connectivity index (χ4v) is 2.94. The van der Waals surface area contributed by atoms with Crippen LogP contribution in [-0.4, -0.2) is 25.9 Å². The van der Waals surface area contributed by atoms with E-state index >= 15 is 0 Å². The second-order valence-corrected chi connectivity index (χ2v) is 7.65. The molecule has 0 saturated carbocycles. The number of hydrogen-bond donors (Lipinski definition) is 3. The van der Waals surface area contributed by atoms with Crippen molar-refractivity contribution in [1.29, 1.82) is 0 Å². The monoisotopic (exact) mass is 313 g/mol. The molecular weight excluding hydrogens is 290 g/mol. The Balaban J connectivity index is 2.87. The molecule has 1 aromatic rings. The van der Waals surface area contributed by atoms with E-state index in [2.05, 4.69) is 10.0 Å². The standard InChI is InChI=1S/C14H23N3O3S/c1-10(13(18)16-14(2,3)4)17-21(19,20)12-7-5-6-11(8-12)9-15/h5-8,10,17H,9,15H2,1-4H3,(H,16,18). The summed E-state index contributed by atoms with van der Waals surface area (Å²) in [5.41, 5.74) is 5.79. The van der Waals surface area contributed by atoms with Crippen molar-refractivity contribution in [1.82, 2.24) is 10.0 Å². The predicted molar refractivity (Wildman–Crippen MR) is 82.0 cm³/mol. The molecule has 0 heterocycles. The number of nitrogens with one attached hydrogen (secondary N) is 2. The maximum absolute atomic E-state index is 12.2. The minimum absolute atomic E-state index is 0.0980. The summed E-state index contributed by atoms with van der Waals surface area (Å²) >= 11 is 0. The quantitative estimate of drug-likeness (QED) is 0.745. The molecular formula is C14H23N3O3S. The third kappa shape index (κ3) is 5.45. The highest BCUT2D eigenvalue weighted by Crippen LogP contribution is 2.12. The Bertz CT molecular complexity index is 606. The minimum atomic E-state index is -3.76. The highest BCUT2D eigenvalue weighted by Gasteiger charge is 2.24. The first kappa shape index (κ1) is 17.6.